The van der Waals surface area contributed by atoms with Gasteiger partial charge in [0.2, 0.25) is 6.41 Å². The van der Waals surface area contributed by atoms with Crippen LogP contribution in [0.25, 0.3) is 33.1 Å². The molecule has 2 aromatic carbocycles. The summed E-state index contributed by atoms with van der Waals surface area (Å²) in [6, 6.07) is 13.6. The van der Waals surface area contributed by atoms with Gasteiger partial charge in [-0.25, -0.2) is 4.79 Å². The molecule has 0 aliphatic heterocycles. The summed E-state index contributed by atoms with van der Waals surface area (Å²) in [6.07, 6.45) is 2.39. The summed E-state index contributed by atoms with van der Waals surface area (Å²) in [6.45, 7) is 0.926. The Balaban J connectivity index is 0.00000240. The fraction of sp³-hybridized carbons (Fsp3) is 0.227. The van der Waals surface area contributed by atoms with Gasteiger partial charge in [0.25, 0.3) is 0 Å². The maximum Gasteiger partial charge on any atom is 0.328 e. The van der Waals surface area contributed by atoms with Gasteiger partial charge < -0.3 is 10.1 Å². The normalized spacial score (nSPS) is 10.8. The van der Waals surface area contributed by atoms with Gasteiger partial charge in [-0.15, -0.1) is 0 Å². The number of amides is 1. The van der Waals surface area contributed by atoms with E-state index in [1.54, 1.807) is 29.5 Å². The number of benzene rings is 2. The van der Waals surface area contributed by atoms with E-state index in [1.165, 1.54) is 0 Å². The van der Waals surface area contributed by atoms with E-state index in [9.17, 15) is 9.59 Å². The Morgan fingerprint density at radius 3 is 2.55 bits per heavy atom. The van der Waals surface area contributed by atoms with Crippen LogP contribution in [0.3, 0.4) is 0 Å². The van der Waals surface area contributed by atoms with Crippen molar-refractivity contribution in [1.29, 1.82) is 0 Å². The van der Waals surface area contributed by atoms with E-state index < -0.39 is 0 Å². The van der Waals surface area contributed by atoms with Crippen molar-refractivity contribution in [2.45, 2.75) is 14.0 Å². The van der Waals surface area contributed by atoms with Crippen LogP contribution in [0.1, 0.15) is 7.43 Å². The third kappa shape index (κ3) is 3.52. The summed E-state index contributed by atoms with van der Waals surface area (Å²) >= 11 is 0. The van der Waals surface area contributed by atoms with Gasteiger partial charge in [0.1, 0.15) is 0 Å². The predicted octanol–water partition coefficient (Wildman–Crippen LogP) is 3.41. The van der Waals surface area contributed by atoms with Crippen molar-refractivity contribution in [2.75, 3.05) is 19.0 Å². The molecule has 0 aliphatic carbocycles. The third-order valence-corrected chi connectivity index (χ3v) is 4.93. The summed E-state index contributed by atoms with van der Waals surface area (Å²) in [5.41, 5.74) is 5.14. The molecular weight excluding hydrogens is 368 g/mol. The molecule has 0 saturated heterocycles. The van der Waals surface area contributed by atoms with Crippen LogP contribution >= 0.6 is 0 Å². The minimum Gasteiger partial charge on any atom is -0.383 e. The molecule has 1 amide bonds. The number of carbonyl (C=O) groups excluding carboxylic acids is 1. The second-order valence-electron chi connectivity index (χ2n) is 6.55. The first-order valence-electron chi connectivity index (χ1n) is 8.91. The van der Waals surface area contributed by atoms with E-state index in [4.69, 9.17) is 4.74 Å². The molecule has 150 valence electrons. The second-order valence-corrected chi connectivity index (χ2v) is 6.55. The lowest BCUT2D eigenvalue weighted by molar-refractivity contribution is -0.105. The summed E-state index contributed by atoms with van der Waals surface area (Å²) in [4.78, 5) is 27.8. The van der Waals surface area contributed by atoms with Crippen LogP contribution in [-0.4, -0.2) is 34.2 Å². The zero-order valence-corrected chi connectivity index (χ0v) is 15.7. The lowest BCUT2D eigenvalue weighted by atomic mass is 10.0. The number of ether oxygens (including phenoxy) is 1. The number of carbonyl (C=O) groups is 1. The number of hydrogen-bond acceptors (Lipinski definition) is 4. The number of fused-ring (bicyclic) bond motifs is 3. The molecule has 4 aromatic rings. The Morgan fingerprint density at radius 1 is 1.14 bits per heavy atom. The van der Waals surface area contributed by atoms with Crippen LogP contribution in [-0.2, 0) is 23.1 Å². The van der Waals surface area contributed by atoms with Crippen LogP contribution in [0.15, 0.2) is 53.5 Å². The van der Waals surface area contributed by atoms with Crippen molar-refractivity contribution in [2.24, 2.45) is 7.05 Å². The molecule has 7 heteroatoms. The average Bonchev–Trinajstić information content (AvgIpc) is 2.97. The SMILES string of the molecule is C.COCCn1c(=O)n(C)c2cnc3ccc(-c4ccc(NC=O)cc4)cc3c21. The molecule has 1 N–H and O–H groups in total. The maximum atomic E-state index is 12.7. The van der Waals surface area contributed by atoms with E-state index in [-0.39, 0.29) is 13.1 Å². The zero-order valence-electron chi connectivity index (χ0n) is 15.7. The van der Waals surface area contributed by atoms with Gasteiger partial charge in [-0.05, 0) is 35.4 Å². The van der Waals surface area contributed by atoms with E-state index >= 15 is 0 Å². The van der Waals surface area contributed by atoms with Gasteiger partial charge in [-0.2, -0.15) is 0 Å². The number of aryl methyl sites for hydroxylation is 1. The van der Waals surface area contributed by atoms with E-state index in [0.29, 0.717) is 19.6 Å². The highest BCUT2D eigenvalue weighted by atomic mass is 16.5. The molecule has 2 heterocycles. The molecule has 0 bridgehead atoms. The number of nitrogens with one attached hydrogen (secondary N) is 1. The number of hydrogen-bond donors (Lipinski definition) is 1. The fourth-order valence-corrected chi connectivity index (χ4v) is 3.47. The molecule has 7 nitrogen and oxygen atoms in total. The van der Waals surface area contributed by atoms with Crippen molar-refractivity contribution in [1.82, 2.24) is 14.1 Å². The number of rotatable bonds is 6. The Kier molecular flexibility index (Phi) is 5.79. The summed E-state index contributed by atoms with van der Waals surface area (Å²) in [7, 11) is 3.38. The Morgan fingerprint density at radius 2 is 1.86 bits per heavy atom. The van der Waals surface area contributed by atoms with Gasteiger partial charge >= 0.3 is 5.69 Å². The molecule has 0 atom stereocenters. The van der Waals surface area contributed by atoms with Crippen molar-refractivity contribution in [3.8, 4) is 11.1 Å². The Hall–Kier alpha value is -3.45. The standard InChI is InChI=1S/C21H20N4O3.CH4/c1-24-19-12-22-18-8-5-15(14-3-6-16(7-4-14)23-13-26)11-17(18)20(19)25(21(24)27)9-10-28-2;/h3-8,11-13H,9-10H2,1-2H3,(H,23,26);1H4. The van der Waals surface area contributed by atoms with Crippen LogP contribution in [0, 0.1) is 0 Å². The maximum absolute atomic E-state index is 12.7. The minimum atomic E-state index is -0.0870. The first-order chi connectivity index (χ1) is 13.6. The average molecular weight is 392 g/mol. The largest absolute Gasteiger partial charge is 0.383 e. The Bertz CT molecular complexity index is 1220. The highest BCUT2D eigenvalue weighted by Crippen LogP contribution is 2.29. The topological polar surface area (TPSA) is 78.2 Å². The number of imidazole rings is 1. The second kappa shape index (κ2) is 8.28. The fourth-order valence-electron chi connectivity index (χ4n) is 3.47. The number of anilines is 1. The first kappa shape index (κ1) is 20.3. The molecule has 0 unspecified atom stereocenters. The summed E-state index contributed by atoms with van der Waals surface area (Å²) in [5, 5.41) is 3.55. The third-order valence-electron chi connectivity index (χ3n) is 4.93. The number of pyridine rings is 1. The molecule has 0 radical (unpaired) electrons. The van der Waals surface area contributed by atoms with Crippen molar-refractivity contribution in [3.63, 3.8) is 0 Å². The van der Waals surface area contributed by atoms with Gasteiger partial charge in [-0.3, -0.25) is 18.9 Å². The molecule has 0 spiro atoms. The molecule has 0 saturated carbocycles. The predicted molar refractivity (Wildman–Crippen MR) is 116 cm³/mol. The first-order valence-corrected chi connectivity index (χ1v) is 8.91. The number of methoxy groups -OCH3 is 1. The lowest BCUT2D eigenvalue weighted by Crippen LogP contribution is -2.23. The molecule has 0 fully saturated rings. The molecular formula is C22H24N4O3. The summed E-state index contributed by atoms with van der Waals surface area (Å²) in [5.74, 6) is 0. The van der Waals surface area contributed by atoms with Gasteiger partial charge in [0.05, 0.1) is 35.9 Å². The van der Waals surface area contributed by atoms with Gasteiger partial charge in [0.15, 0.2) is 0 Å². The van der Waals surface area contributed by atoms with Gasteiger partial charge in [0, 0.05) is 25.2 Å². The molecule has 2 aromatic heterocycles. The lowest BCUT2D eigenvalue weighted by Gasteiger charge is -2.08. The highest BCUT2D eigenvalue weighted by molar-refractivity contribution is 6.04. The smallest absolute Gasteiger partial charge is 0.328 e. The number of nitrogens with zero attached hydrogens (tertiary/aromatic N) is 3. The molecule has 29 heavy (non-hydrogen) atoms. The Labute approximate surface area is 168 Å². The van der Waals surface area contributed by atoms with Crippen LogP contribution < -0.4 is 11.0 Å². The van der Waals surface area contributed by atoms with E-state index in [2.05, 4.69) is 16.4 Å². The van der Waals surface area contributed by atoms with E-state index in [0.717, 1.165) is 38.8 Å². The zero-order chi connectivity index (χ0) is 19.7. The molecule has 0 aliphatic rings. The highest BCUT2D eigenvalue weighted by Gasteiger charge is 2.15. The van der Waals surface area contributed by atoms with Crippen LogP contribution in [0.2, 0.25) is 0 Å². The monoisotopic (exact) mass is 392 g/mol. The van der Waals surface area contributed by atoms with Crippen molar-refractivity contribution < 1.29 is 9.53 Å². The number of aromatic nitrogens is 3. The van der Waals surface area contributed by atoms with E-state index in [1.807, 2.05) is 36.4 Å². The van der Waals surface area contributed by atoms with Crippen molar-refractivity contribution >= 4 is 34.0 Å². The molecule has 4 rings (SSSR count). The van der Waals surface area contributed by atoms with Crippen molar-refractivity contribution in [3.05, 3.63) is 59.1 Å². The van der Waals surface area contributed by atoms with Crippen LogP contribution in [0.5, 0.6) is 0 Å². The van der Waals surface area contributed by atoms with Gasteiger partial charge in [-0.1, -0.05) is 25.6 Å². The minimum absolute atomic E-state index is 0. The quantitative estimate of drug-likeness (QED) is 0.510. The van der Waals surface area contributed by atoms with Crippen LogP contribution in [0.4, 0.5) is 5.69 Å². The summed E-state index contributed by atoms with van der Waals surface area (Å²) < 4.78 is 8.53.